The smallest absolute Gasteiger partial charge is 0.298 e. The Morgan fingerprint density at radius 2 is 1.58 bits per heavy atom. The number of hydrogen-bond acceptors (Lipinski definition) is 2. The zero-order valence-corrected chi connectivity index (χ0v) is 15.1. The highest BCUT2D eigenvalue weighted by atomic mass is 35.5. The molecule has 0 saturated heterocycles. The number of alkyl halides is 3. The van der Waals surface area contributed by atoms with Crippen molar-refractivity contribution in [1.29, 1.82) is 0 Å². The van der Waals surface area contributed by atoms with Gasteiger partial charge in [0.25, 0.3) is 0 Å². The van der Waals surface area contributed by atoms with E-state index in [2.05, 4.69) is 5.10 Å². The fourth-order valence-corrected chi connectivity index (χ4v) is 3.05. The van der Waals surface area contributed by atoms with Gasteiger partial charge in [-0.3, -0.25) is 4.79 Å². The number of aromatic nitrogens is 2. The van der Waals surface area contributed by atoms with E-state index in [9.17, 15) is 18.0 Å². The van der Waals surface area contributed by atoms with Gasteiger partial charge in [-0.15, -0.1) is 0 Å². The Morgan fingerprint density at radius 3 is 1.92 bits per heavy atom. The van der Waals surface area contributed by atoms with Crippen LogP contribution in [0.3, 0.4) is 0 Å². The van der Waals surface area contributed by atoms with Gasteiger partial charge in [0.05, 0.1) is 26.9 Å². The number of halogens is 6. The first kappa shape index (κ1) is 19.1. The lowest BCUT2D eigenvalue weighted by Crippen LogP contribution is -2.15. The van der Waals surface area contributed by atoms with Crippen LogP contribution >= 0.6 is 34.8 Å². The second kappa shape index (κ2) is 6.24. The van der Waals surface area contributed by atoms with Gasteiger partial charge >= 0.3 is 6.18 Å². The Hall–Kier alpha value is -1.24. The maximum Gasteiger partial charge on any atom is 0.416 e. The van der Waals surface area contributed by atoms with Crippen LogP contribution in [0, 0.1) is 0 Å². The standard InChI is InChI=1S/C15H12Cl3F3N2O/c1-14(2,3)12-8(6-24)13(18)23(22-12)11-9(16)4-7(5-10(11)17)15(19,20)21/h4-6H,1-3H3. The van der Waals surface area contributed by atoms with E-state index in [0.717, 1.165) is 16.8 Å². The van der Waals surface area contributed by atoms with Gasteiger partial charge in [-0.25, -0.2) is 4.68 Å². The number of hydrogen-bond donors (Lipinski definition) is 0. The van der Waals surface area contributed by atoms with Gasteiger partial charge in [0.1, 0.15) is 10.8 Å². The SMILES string of the molecule is CC(C)(C)c1nn(-c2c(Cl)cc(C(F)(F)F)cc2Cl)c(Cl)c1C=O. The van der Waals surface area contributed by atoms with Gasteiger partial charge in [-0.2, -0.15) is 18.3 Å². The van der Waals surface area contributed by atoms with Gasteiger partial charge in [0.15, 0.2) is 6.29 Å². The summed E-state index contributed by atoms with van der Waals surface area (Å²) >= 11 is 18.1. The minimum absolute atomic E-state index is 0.0186. The maximum absolute atomic E-state index is 12.8. The van der Waals surface area contributed by atoms with Crippen molar-refractivity contribution in [3.8, 4) is 5.69 Å². The predicted octanol–water partition coefficient (Wildman–Crippen LogP) is 5.96. The molecule has 0 unspecified atom stereocenters. The van der Waals surface area contributed by atoms with E-state index in [-0.39, 0.29) is 26.4 Å². The van der Waals surface area contributed by atoms with Crippen LogP contribution in [0.1, 0.15) is 42.4 Å². The first-order valence-corrected chi connectivity index (χ1v) is 7.82. The first-order chi connectivity index (χ1) is 10.9. The molecule has 1 aromatic carbocycles. The minimum atomic E-state index is -4.59. The van der Waals surface area contributed by atoms with Crippen LogP contribution in [0.15, 0.2) is 12.1 Å². The van der Waals surface area contributed by atoms with E-state index in [4.69, 9.17) is 34.8 Å². The van der Waals surface area contributed by atoms with Crippen molar-refractivity contribution in [3.63, 3.8) is 0 Å². The molecule has 0 aliphatic rings. The largest absolute Gasteiger partial charge is 0.416 e. The first-order valence-electron chi connectivity index (χ1n) is 6.68. The van der Waals surface area contributed by atoms with E-state index in [1.807, 2.05) is 20.8 Å². The third-order valence-corrected chi connectivity index (χ3v) is 4.19. The van der Waals surface area contributed by atoms with E-state index < -0.39 is 17.2 Å². The van der Waals surface area contributed by atoms with Crippen LogP contribution in [-0.2, 0) is 11.6 Å². The molecule has 0 aliphatic carbocycles. The van der Waals surface area contributed by atoms with Gasteiger partial charge in [0, 0.05) is 5.41 Å². The lowest BCUT2D eigenvalue weighted by molar-refractivity contribution is -0.137. The Bertz CT molecular complexity index is 785. The van der Waals surface area contributed by atoms with Crippen LogP contribution in [-0.4, -0.2) is 16.1 Å². The van der Waals surface area contributed by atoms with Crippen molar-refractivity contribution in [2.45, 2.75) is 32.4 Å². The molecule has 2 rings (SSSR count). The summed E-state index contributed by atoms with van der Waals surface area (Å²) in [5.74, 6) is 0. The van der Waals surface area contributed by atoms with Gasteiger partial charge in [-0.1, -0.05) is 55.6 Å². The molecule has 1 aromatic heterocycles. The second-order valence-electron chi connectivity index (χ2n) is 6.12. The predicted molar refractivity (Wildman–Crippen MR) is 87.7 cm³/mol. The summed E-state index contributed by atoms with van der Waals surface area (Å²) in [6.07, 6.45) is -4.05. The van der Waals surface area contributed by atoms with Crippen molar-refractivity contribution in [2.75, 3.05) is 0 Å². The molecule has 0 fully saturated rings. The zero-order valence-electron chi connectivity index (χ0n) is 12.8. The summed E-state index contributed by atoms with van der Waals surface area (Å²) in [5, 5.41) is 3.61. The second-order valence-corrected chi connectivity index (χ2v) is 7.29. The van der Waals surface area contributed by atoms with Crippen LogP contribution in [0.2, 0.25) is 15.2 Å². The number of nitrogens with zero attached hydrogens (tertiary/aromatic N) is 2. The molecule has 0 amide bonds. The Morgan fingerprint density at radius 1 is 1.08 bits per heavy atom. The summed E-state index contributed by atoms with van der Waals surface area (Å²) < 4.78 is 39.6. The molecule has 0 spiro atoms. The highest BCUT2D eigenvalue weighted by molar-refractivity contribution is 6.38. The molecule has 0 saturated carbocycles. The Labute approximate surface area is 151 Å². The average molecular weight is 400 g/mol. The highest BCUT2D eigenvalue weighted by Gasteiger charge is 2.33. The molecule has 9 heteroatoms. The van der Waals surface area contributed by atoms with Crippen LogP contribution < -0.4 is 0 Å². The molecular formula is C15H12Cl3F3N2O. The van der Waals surface area contributed by atoms with Gasteiger partial charge in [0.2, 0.25) is 0 Å². The quantitative estimate of drug-likeness (QED) is 0.584. The van der Waals surface area contributed by atoms with Crippen molar-refractivity contribution >= 4 is 41.1 Å². The third kappa shape index (κ3) is 3.41. The van der Waals surface area contributed by atoms with Crippen LogP contribution in [0.4, 0.5) is 13.2 Å². The Kier molecular flexibility index (Phi) is 4.97. The number of carbonyl (C=O) groups is 1. The fraction of sp³-hybridized carbons (Fsp3) is 0.333. The summed E-state index contributed by atoms with van der Waals surface area (Å²) in [6, 6.07) is 1.47. The summed E-state index contributed by atoms with van der Waals surface area (Å²) in [5.41, 5.74) is -1.01. The van der Waals surface area contributed by atoms with E-state index in [0.29, 0.717) is 12.0 Å². The normalized spacial score (nSPS) is 12.5. The maximum atomic E-state index is 12.8. The number of carbonyl (C=O) groups excluding carboxylic acids is 1. The molecule has 1 heterocycles. The van der Waals surface area contributed by atoms with Crippen molar-refractivity contribution in [1.82, 2.24) is 9.78 Å². The average Bonchev–Trinajstić information content (AvgIpc) is 2.74. The monoisotopic (exact) mass is 398 g/mol. The lowest BCUT2D eigenvalue weighted by atomic mass is 9.90. The van der Waals surface area contributed by atoms with E-state index in [1.54, 1.807) is 0 Å². The molecule has 0 N–H and O–H groups in total. The summed E-state index contributed by atoms with van der Waals surface area (Å²) in [4.78, 5) is 11.3. The molecule has 0 bridgehead atoms. The topological polar surface area (TPSA) is 34.9 Å². The Balaban J connectivity index is 2.74. The molecule has 130 valence electrons. The molecule has 3 nitrogen and oxygen atoms in total. The van der Waals surface area contributed by atoms with Crippen LogP contribution in [0.25, 0.3) is 5.69 Å². The van der Waals surface area contributed by atoms with Gasteiger partial charge in [-0.05, 0) is 12.1 Å². The van der Waals surface area contributed by atoms with Crippen molar-refractivity contribution in [3.05, 3.63) is 44.2 Å². The molecule has 0 atom stereocenters. The molecular weight excluding hydrogens is 388 g/mol. The fourth-order valence-electron chi connectivity index (χ4n) is 2.15. The van der Waals surface area contributed by atoms with E-state index >= 15 is 0 Å². The van der Waals surface area contributed by atoms with Crippen molar-refractivity contribution in [2.24, 2.45) is 0 Å². The summed E-state index contributed by atoms with van der Waals surface area (Å²) in [6.45, 7) is 5.46. The number of rotatable bonds is 2. The van der Waals surface area contributed by atoms with Gasteiger partial charge < -0.3 is 0 Å². The zero-order chi connectivity index (χ0) is 18.4. The van der Waals surface area contributed by atoms with Crippen LogP contribution in [0.5, 0.6) is 0 Å². The molecule has 0 aliphatic heterocycles. The minimum Gasteiger partial charge on any atom is -0.298 e. The number of aldehydes is 1. The molecule has 24 heavy (non-hydrogen) atoms. The highest BCUT2D eigenvalue weighted by Crippen LogP contribution is 2.39. The van der Waals surface area contributed by atoms with Crippen molar-refractivity contribution < 1.29 is 18.0 Å². The molecule has 0 radical (unpaired) electrons. The molecule has 2 aromatic rings. The number of benzene rings is 1. The van der Waals surface area contributed by atoms with E-state index in [1.165, 1.54) is 0 Å². The lowest BCUT2D eigenvalue weighted by Gasteiger charge is -2.16. The summed E-state index contributed by atoms with van der Waals surface area (Å²) in [7, 11) is 0. The third-order valence-electron chi connectivity index (χ3n) is 3.25.